The number of rotatable bonds is 3. The summed E-state index contributed by atoms with van der Waals surface area (Å²) in [5.41, 5.74) is -1.08. The smallest absolute Gasteiger partial charge is 0.339 e. The summed E-state index contributed by atoms with van der Waals surface area (Å²) in [6.07, 6.45) is 0.744. The standard InChI is InChI=1S/C12H7F3N2O2/c13-6-4-7(12(18)19)11(16-5-6)17-10-8(14)2-1-3-9(10)15/h1-5H,(H,16,17)(H,18,19). The number of anilines is 2. The van der Waals surface area contributed by atoms with Crippen LogP contribution in [0.1, 0.15) is 10.4 Å². The third kappa shape index (κ3) is 2.65. The minimum absolute atomic E-state index is 0.349. The molecule has 0 aliphatic heterocycles. The van der Waals surface area contributed by atoms with Crippen LogP contribution >= 0.6 is 0 Å². The van der Waals surface area contributed by atoms with Gasteiger partial charge in [-0.2, -0.15) is 0 Å². The number of halogens is 3. The van der Waals surface area contributed by atoms with E-state index in [0.717, 1.165) is 24.4 Å². The van der Waals surface area contributed by atoms with Crippen molar-refractivity contribution in [3.05, 3.63) is 53.5 Å². The van der Waals surface area contributed by atoms with Gasteiger partial charge in [0, 0.05) is 0 Å². The fourth-order valence-electron chi connectivity index (χ4n) is 1.44. The maximum atomic E-state index is 13.4. The molecule has 1 heterocycles. The molecule has 0 saturated heterocycles. The summed E-state index contributed by atoms with van der Waals surface area (Å²) >= 11 is 0. The van der Waals surface area contributed by atoms with Gasteiger partial charge in [0.15, 0.2) is 0 Å². The fraction of sp³-hybridized carbons (Fsp3) is 0. The molecule has 0 spiro atoms. The number of aromatic carboxylic acids is 1. The highest BCUT2D eigenvalue weighted by Crippen LogP contribution is 2.24. The van der Waals surface area contributed by atoms with Crippen LogP contribution < -0.4 is 5.32 Å². The first-order chi connectivity index (χ1) is 8.99. The van der Waals surface area contributed by atoms with Gasteiger partial charge < -0.3 is 10.4 Å². The van der Waals surface area contributed by atoms with Crippen molar-refractivity contribution < 1.29 is 23.1 Å². The van der Waals surface area contributed by atoms with Gasteiger partial charge in [-0.05, 0) is 18.2 Å². The first kappa shape index (κ1) is 12.9. The third-order valence-corrected chi connectivity index (χ3v) is 2.29. The van der Waals surface area contributed by atoms with Gasteiger partial charge in [-0.15, -0.1) is 0 Å². The van der Waals surface area contributed by atoms with Gasteiger partial charge in [0.25, 0.3) is 0 Å². The zero-order chi connectivity index (χ0) is 14.0. The molecule has 2 rings (SSSR count). The second kappa shape index (κ2) is 4.97. The second-order valence-electron chi connectivity index (χ2n) is 3.58. The number of nitrogens with one attached hydrogen (secondary N) is 1. The molecule has 0 saturated carbocycles. The van der Waals surface area contributed by atoms with Crippen LogP contribution in [0.3, 0.4) is 0 Å². The minimum atomic E-state index is -1.47. The molecule has 0 fully saturated rings. The number of para-hydroxylation sites is 1. The van der Waals surface area contributed by atoms with Crippen molar-refractivity contribution in [2.45, 2.75) is 0 Å². The summed E-state index contributed by atoms with van der Waals surface area (Å²) in [6.45, 7) is 0. The summed E-state index contributed by atoms with van der Waals surface area (Å²) in [7, 11) is 0. The molecule has 0 bridgehead atoms. The summed E-state index contributed by atoms with van der Waals surface area (Å²) in [5, 5.41) is 11.1. The number of aromatic nitrogens is 1. The van der Waals surface area contributed by atoms with Crippen molar-refractivity contribution in [2.75, 3.05) is 5.32 Å². The van der Waals surface area contributed by atoms with Gasteiger partial charge in [0.05, 0.1) is 6.20 Å². The number of carbonyl (C=O) groups is 1. The number of nitrogens with zero attached hydrogens (tertiary/aromatic N) is 1. The van der Waals surface area contributed by atoms with Gasteiger partial charge >= 0.3 is 5.97 Å². The number of hydrogen-bond donors (Lipinski definition) is 2. The Morgan fingerprint density at radius 1 is 1.21 bits per heavy atom. The molecule has 0 aliphatic carbocycles. The van der Waals surface area contributed by atoms with E-state index in [-0.39, 0.29) is 5.82 Å². The Bertz CT molecular complexity index is 627. The van der Waals surface area contributed by atoms with Crippen molar-refractivity contribution in [1.29, 1.82) is 0 Å². The summed E-state index contributed by atoms with van der Waals surface area (Å²) < 4.78 is 39.7. The second-order valence-corrected chi connectivity index (χ2v) is 3.58. The summed E-state index contributed by atoms with van der Waals surface area (Å²) in [4.78, 5) is 14.4. The zero-order valence-corrected chi connectivity index (χ0v) is 9.32. The van der Waals surface area contributed by atoms with E-state index in [9.17, 15) is 18.0 Å². The van der Waals surface area contributed by atoms with Crippen LogP contribution in [0.4, 0.5) is 24.7 Å². The highest BCUT2D eigenvalue weighted by molar-refractivity contribution is 5.93. The number of benzene rings is 1. The van der Waals surface area contributed by atoms with Crippen LogP contribution in [0, 0.1) is 17.5 Å². The van der Waals surface area contributed by atoms with Crippen LogP contribution in [-0.4, -0.2) is 16.1 Å². The Balaban J connectivity index is 2.47. The summed E-state index contributed by atoms with van der Waals surface area (Å²) in [6, 6.07) is 3.85. The van der Waals surface area contributed by atoms with Crippen molar-refractivity contribution in [1.82, 2.24) is 4.98 Å². The molecule has 1 aromatic carbocycles. The first-order valence-corrected chi connectivity index (χ1v) is 5.09. The van der Waals surface area contributed by atoms with Crippen molar-refractivity contribution >= 4 is 17.5 Å². The highest BCUT2D eigenvalue weighted by atomic mass is 19.1. The molecule has 98 valence electrons. The molecular weight excluding hydrogens is 261 g/mol. The molecule has 0 unspecified atom stereocenters. The Kier molecular flexibility index (Phi) is 3.37. The van der Waals surface area contributed by atoms with E-state index in [1.165, 1.54) is 0 Å². The number of hydrogen-bond acceptors (Lipinski definition) is 3. The first-order valence-electron chi connectivity index (χ1n) is 5.09. The average molecular weight is 268 g/mol. The van der Waals surface area contributed by atoms with E-state index in [0.29, 0.717) is 6.07 Å². The quantitative estimate of drug-likeness (QED) is 0.898. The molecule has 0 amide bonds. The number of carboxylic acid groups (broad SMARTS) is 1. The maximum absolute atomic E-state index is 13.4. The lowest BCUT2D eigenvalue weighted by molar-refractivity contribution is 0.0697. The van der Waals surface area contributed by atoms with Crippen molar-refractivity contribution in [3.63, 3.8) is 0 Å². The van der Waals surface area contributed by atoms with E-state index in [2.05, 4.69) is 10.3 Å². The predicted octanol–water partition coefficient (Wildman–Crippen LogP) is 2.94. The molecule has 2 aromatic rings. The van der Waals surface area contributed by atoms with Crippen LogP contribution in [0.5, 0.6) is 0 Å². The molecule has 7 heteroatoms. The molecule has 2 N–H and O–H groups in total. The Morgan fingerprint density at radius 2 is 1.84 bits per heavy atom. The topological polar surface area (TPSA) is 62.2 Å². The lowest BCUT2D eigenvalue weighted by atomic mass is 10.2. The van der Waals surface area contributed by atoms with E-state index >= 15 is 0 Å². The molecule has 4 nitrogen and oxygen atoms in total. The van der Waals surface area contributed by atoms with Gasteiger partial charge in [0.1, 0.15) is 34.5 Å². The van der Waals surface area contributed by atoms with Gasteiger partial charge in [-0.1, -0.05) is 6.07 Å². The molecule has 0 atom stereocenters. The lowest BCUT2D eigenvalue weighted by Crippen LogP contribution is -2.07. The Labute approximate surface area is 105 Å². The van der Waals surface area contributed by atoms with E-state index in [4.69, 9.17) is 5.11 Å². The lowest BCUT2D eigenvalue weighted by Gasteiger charge is -2.10. The van der Waals surface area contributed by atoms with Crippen LogP contribution in [-0.2, 0) is 0 Å². The van der Waals surface area contributed by atoms with E-state index in [1.54, 1.807) is 0 Å². The SMILES string of the molecule is O=C(O)c1cc(F)cnc1Nc1c(F)cccc1F. The molecule has 0 aliphatic rings. The summed E-state index contributed by atoms with van der Waals surface area (Å²) in [5.74, 6) is -4.51. The van der Waals surface area contributed by atoms with Crippen molar-refractivity contribution in [2.24, 2.45) is 0 Å². The van der Waals surface area contributed by atoms with Crippen LogP contribution in [0.2, 0.25) is 0 Å². The highest BCUT2D eigenvalue weighted by Gasteiger charge is 2.16. The number of pyridine rings is 1. The average Bonchev–Trinajstić information content (AvgIpc) is 2.35. The molecular formula is C12H7F3N2O2. The fourth-order valence-corrected chi connectivity index (χ4v) is 1.44. The monoisotopic (exact) mass is 268 g/mol. The zero-order valence-electron chi connectivity index (χ0n) is 9.32. The largest absolute Gasteiger partial charge is 0.478 e. The number of carboxylic acids is 1. The van der Waals surface area contributed by atoms with Crippen molar-refractivity contribution in [3.8, 4) is 0 Å². The molecule has 19 heavy (non-hydrogen) atoms. The molecule has 1 aromatic heterocycles. The third-order valence-electron chi connectivity index (χ3n) is 2.29. The van der Waals surface area contributed by atoms with Crippen LogP contribution in [0.25, 0.3) is 0 Å². The van der Waals surface area contributed by atoms with Crippen LogP contribution in [0.15, 0.2) is 30.5 Å². The van der Waals surface area contributed by atoms with E-state index in [1.807, 2.05) is 0 Å². The minimum Gasteiger partial charge on any atom is -0.478 e. The Hall–Kier alpha value is -2.57. The molecule has 0 radical (unpaired) electrons. The van der Waals surface area contributed by atoms with Gasteiger partial charge in [-0.25, -0.2) is 22.9 Å². The maximum Gasteiger partial charge on any atom is 0.339 e. The Morgan fingerprint density at radius 3 is 2.42 bits per heavy atom. The van der Waals surface area contributed by atoms with Gasteiger partial charge in [-0.3, -0.25) is 0 Å². The van der Waals surface area contributed by atoms with E-state index < -0.39 is 34.7 Å². The predicted molar refractivity (Wildman–Crippen MR) is 60.8 cm³/mol. The van der Waals surface area contributed by atoms with Gasteiger partial charge in [0.2, 0.25) is 0 Å². The normalized spacial score (nSPS) is 10.3.